The minimum atomic E-state index is -4.97. The number of rotatable bonds is 4. The molecule has 3 aromatic rings. The Morgan fingerprint density at radius 3 is 2.53 bits per heavy atom. The van der Waals surface area contributed by atoms with Crippen molar-refractivity contribution in [2.45, 2.75) is 13.1 Å². The fraction of sp³-hybridized carbons (Fsp3) is 0.125. The predicted octanol–water partition coefficient (Wildman–Crippen LogP) is 4.35. The van der Waals surface area contributed by atoms with Gasteiger partial charge < -0.3 is 4.52 Å². The zero-order valence-corrected chi connectivity index (χ0v) is 16.8. The maximum absolute atomic E-state index is 12.8. The molecule has 7 nitrogen and oxygen atoms in total. The number of hydrogen-bond acceptors (Lipinski definition) is 5. The topological polar surface area (TPSA) is 109 Å². The molecule has 0 fully saturated rings. The van der Waals surface area contributed by atoms with Crippen LogP contribution in [0.3, 0.4) is 0 Å². The van der Waals surface area contributed by atoms with Gasteiger partial charge in [-0.25, -0.2) is 9.55 Å². The number of halogens is 4. The number of carbonyl (C=O) groups is 1. The molecule has 0 unspecified atom stereocenters. The molecule has 3 N–H and O–H groups in total. The van der Waals surface area contributed by atoms with Crippen LogP contribution in [0.1, 0.15) is 21.5 Å². The number of amides is 1. The number of aryl methyl sites for hydroxylation is 1. The summed E-state index contributed by atoms with van der Waals surface area (Å²) in [6, 6.07) is 5.45. The molecule has 0 atom stereocenters. The van der Waals surface area contributed by atoms with Gasteiger partial charge in [-0.3, -0.25) is 19.9 Å². The predicted molar refractivity (Wildman–Crippen MR) is 109 cm³/mol. The first-order valence-electron chi connectivity index (χ1n) is 7.68. The Balaban J connectivity index is 0.00000320. The number of fused-ring (bicyclic) bond motifs is 1. The van der Waals surface area contributed by atoms with Crippen LogP contribution >= 0.6 is 30.8 Å². The normalized spacial score (nSPS) is 11.8. The first-order valence-corrected chi connectivity index (χ1v) is 10.4. The fourth-order valence-corrected chi connectivity index (χ4v) is 4.11. The van der Waals surface area contributed by atoms with E-state index in [9.17, 15) is 22.5 Å². The van der Waals surface area contributed by atoms with E-state index in [-0.39, 0.29) is 66.8 Å². The third-order valence-electron chi connectivity index (χ3n) is 3.63. The van der Waals surface area contributed by atoms with Crippen LogP contribution in [-0.2, 0) is 10.7 Å². The van der Waals surface area contributed by atoms with E-state index in [1.54, 1.807) is 0 Å². The number of phosphoric ester groups is 1. The minimum absolute atomic E-state index is 0. The monoisotopic (exact) mass is 490 g/mol. The van der Waals surface area contributed by atoms with Crippen LogP contribution in [0.15, 0.2) is 30.3 Å². The Hall–Kier alpha value is -1.17. The molecule has 30 heavy (non-hydrogen) atoms. The first-order chi connectivity index (χ1) is 13.3. The summed E-state index contributed by atoms with van der Waals surface area (Å²) in [5.41, 5.74) is -0.680. The Labute approximate surface area is 198 Å². The first kappa shape index (κ1) is 25.1. The van der Waals surface area contributed by atoms with Crippen LogP contribution in [0, 0.1) is 6.92 Å². The molecule has 14 heteroatoms. The van der Waals surface area contributed by atoms with Crippen molar-refractivity contribution >= 4 is 81.6 Å². The molecule has 0 radical (unpaired) electrons. The fourth-order valence-electron chi connectivity index (χ4n) is 2.46. The maximum atomic E-state index is 12.8. The van der Waals surface area contributed by atoms with Gasteiger partial charge in [0.1, 0.15) is 5.75 Å². The summed E-state index contributed by atoms with van der Waals surface area (Å²) in [6.07, 6.45) is -4.52. The molecule has 0 bridgehead atoms. The third kappa shape index (κ3) is 5.95. The molecule has 0 saturated heterocycles. The molecule has 0 aliphatic heterocycles. The summed E-state index contributed by atoms with van der Waals surface area (Å²) in [4.78, 5) is 34.8. The standard InChI is InChI=1S/C16H11ClF3N2O5PS.Na.H/c1-7-4-9(17)6-10(13(7)27-28(24,25)26)14(23)22-15-21-11-3-2-8(16(18,19)20)5-12(11)29-15;;/h2-6H,1H3,(H,21,22,23)(H2,24,25,26);;. The van der Waals surface area contributed by atoms with Gasteiger partial charge in [0.2, 0.25) is 0 Å². The van der Waals surface area contributed by atoms with Gasteiger partial charge in [-0.15, -0.1) is 0 Å². The van der Waals surface area contributed by atoms with E-state index in [4.69, 9.17) is 21.4 Å². The van der Waals surface area contributed by atoms with Gasteiger partial charge in [0.25, 0.3) is 5.91 Å². The van der Waals surface area contributed by atoms with Crippen molar-refractivity contribution in [2.24, 2.45) is 0 Å². The van der Waals surface area contributed by atoms with Crippen LogP contribution < -0.4 is 9.84 Å². The number of aromatic nitrogens is 1. The van der Waals surface area contributed by atoms with Crippen LogP contribution in [0.4, 0.5) is 18.3 Å². The summed E-state index contributed by atoms with van der Waals surface area (Å²) in [6.45, 7) is 1.43. The van der Waals surface area contributed by atoms with Crippen molar-refractivity contribution < 1.29 is 36.8 Å². The second kappa shape index (κ2) is 9.13. The summed E-state index contributed by atoms with van der Waals surface area (Å²) in [7, 11) is -4.97. The van der Waals surface area contributed by atoms with Crippen molar-refractivity contribution in [2.75, 3.05) is 5.32 Å². The van der Waals surface area contributed by atoms with Crippen molar-refractivity contribution in [3.63, 3.8) is 0 Å². The molecule has 0 aliphatic carbocycles. The van der Waals surface area contributed by atoms with Gasteiger partial charge in [-0.2, -0.15) is 13.2 Å². The molecule has 156 valence electrons. The van der Waals surface area contributed by atoms with Crippen molar-refractivity contribution in [3.8, 4) is 5.75 Å². The van der Waals surface area contributed by atoms with Gasteiger partial charge in [0.15, 0.2) is 5.13 Å². The Bertz CT molecular complexity index is 1170. The number of thiazole rings is 1. The number of carbonyl (C=O) groups excluding carboxylic acids is 1. The number of phosphoric acid groups is 1. The second-order valence-electron chi connectivity index (χ2n) is 5.83. The number of benzene rings is 2. The number of anilines is 1. The van der Waals surface area contributed by atoms with E-state index in [0.717, 1.165) is 29.5 Å². The average molecular weight is 491 g/mol. The zero-order valence-electron chi connectivity index (χ0n) is 14.3. The average Bonchev–Trinajstić information content (AvgIpc) is 2.96. The van der Waals surface area contributed by atoms with Crippen molar-refractivity contribution in [3.05, 3.63) is 52.0 Å². The Morgan fingerprint density at radius 1 is 1.27 bits per heavy atom. The number of alkyl halides is 3. The molecule has 3 rings (SSSR count). The van der Waals surface area contributed by atoms with E-state index in [1.807, 2.05) is 0 Å². The van der Waals surface area contributed by atoms with Gasteiger partial charge in [-0.05, 0) is 42.8 Å². The van der Waals surface area contributed by atoms with E-state index in [0.29, 0.717) is 0 Å². The van der Waals surface area contributed by atoms with E-state index < -0.39 is 25.5 Å². The summed E-state index contributed by atoms with van der Waals surface area (Å²) in [5, 5.41) is 2.49. The molecular formula is C16H12ClF3N2NaO5PS. The van der Waals surface area contributed by atoms with E-state index in [2.05, 4.69) is 14.8 Å². The van der Waals surface area contributed by atoms with Gasteiger partial charge in [0, 0.05) is 5.02 Å². The number of nitrogens with zero attached hydrogens (tertiary/aromatic N) is 1. The van der Waals surface area contributed by atoms with Crippen molar-refractivity contribution in [1.82, 2.24) is 4.98 Å². The van der Waals surface area contributed by atoms with Crippen LogP contribution in [0.25, 0.3) is 10.2 Å². The quantitative estimate of drug-likeness (QED) is 0.370. The zero-order chi connectivity index (χ0) is 21.6. The molecule has 2 aromatic carbocycles. The number of hydrogen-bond donors (Lipinski definition) is 3. The SMILES string of the molecule is Cc1cc(Cl)cc(C(=O)Nc2nc3ccc(C(F)(F)F)cc3s2)c1OP(=O)(O)O.[NaH]. The molecule has 0 spiro atoms. The Kier molecular flexibility index (Phi) is 7.64. The second-order valence-corrected chi connectivity index (χ2v) is 8.47. The van der Waals surface area contributed by atoms with Gasteiger partial charge >= 0.3 is 43.6 Å². The molecule has 0 aliphatic rings. The molecular weight excluding hydrogens is 479 g/mol. The van der Waals surface area contributed by atoms with Crippen molar-refractivity contribution in [1.29, 1.82) is 0 Å². The molecule has 1 aromatic heterocycles. The summed E-state index contributed by atoms with van der Waals surface area (Å²) < 4.78 is 54.5. The van der Waals surface area contributed by atoms with Crippen LogP contribution in [0.2, 0.25) is 5.02 Å². The van der Waals surface area contributed by atoms with E-state index in [1.165, 1.54) is 19.1 Å². The van der Waals surface area contributed by atoms with E-state index >= 15 is 0 Å². The third-order valence-corrected chi connectivity index (χ3v) is 5.20. The van der Waals surface area contributed by atoms with Crippen LogP contribution in [0.5, 0.6) is 5.75 Å². The van der Waals surface area contributed by atoms with Crippen LogP contribution in [-0.4, -0.2) is 50.2 Å². The number of nitrogens with one attached hydrogen (secondary N) is 1. The summed E-state index contributed by atoms with van der Waals surface area (Å²) in [5.74, 6) is -1.23. The molecule has 0 saturated carbocycles. The molecule has 1 heterocycles. The van der Waals surface area contributed by atoms with Gasteiger partial charge in [0.05, 0.1) is 21.3 Å². The summed E-state index contributed by atoms with van der Waals surface area (Å²) >= 11 is 6.72. The van der Waals surface area contributed by atoms with Gasteiger partial charge in [-0.1, -0.05) is 22.9 Å². The molecule has 1 amide bonds. The Morgan fingerprint density at radius 2 is 1.93 bits per heavy atom.